The van der Waals surface area contributed by atoms with Crippen LogP contribution in [-0.4, -0.2) is 85.1 Å². The molecule has 198 valence electrons. The second-order valence-electron chi connectivity index (χ2n) is 9.30. The van der Waals surface area contributed by atoms with E-state index in [4.69, 9.17) is 15.3 Å². The smallest absolute Gasteiger partial charge is 0.319 e. The van der Waals surface area contributed by atoms with Crippen molar-refractivity contribution in [1.29, 1.82) is 0 Å². The van der Waals surface area contributed by atoms with Crippen LogP contribution >= 0.6 is 0 Å². The molecule has 2 aliphatic heterocycles. The lowest BCUT2D eigenvalue weighted by atomic mass is 10.0. The van der Waals surface area contributed by atoms with Gasteiger partial charge in [0.1, 0.15) is 18.0 Å². The maximum absolute atomic E-state index is 12.5. The maximum Gasteiger partial charge on any atom is 0.319 e. The summed E-state index contributed by atoms with van der Waals surface area (Å²) in [5, 5.41) is 9.84. The molecule has 0 bridgehead atoms. The van der Waals surface area contributed by atoms with E-state index in [1.807, 2.05) is 29.2 Å². The first kappa shape index (κ1) is 26.1. The molecular weight excluding hydrogens is 476 g/mol. The minimum atomic E-state index is -0.258. The summed E-state index contributed by atoms with van der Waals surface area (Å²) in [4.78, 5) is 42.1. The van der Waals surface area contributed by atoms with E-state index in [9.17, 15) is 9.59 Å². The van der Waals surface area contributed by atoms with Gasteiger partial charge in [-0.2, -0.15) is 0 Å². The van der Waals surface area contributed by atoms with Crippen LogP contribution in [0.1, 0.15) is 37.3 Å². The van der Waals surface area contributed by atoms with Crippen LogP contribution in [-0.2, 0) is 14.4 Å². The van der Waals surface area contributed by atoms with E-state index in [0.717, 1.165) is 12.1 Å². The standard InChI is InChI=1S/C25H34N8O4/c1-17(2)18-3-5-19(6-4-18)30-25(35)31-20-7-8-33(14-20)24-21(23(26)27-16-28-24)13-29-37-15-22(34)32-9-11-36-12-10-32/h3-6,13,16-17,20H,7-12,14-15H2,1-2H3,(H2,26,27,28)(H2,30,31,35)/b29-13+. The molecule has 2 saturated heterocycles. The third-order valence-electron chi connectivity index (χ3n) is 6.36. The number of ether oxygens (including phenoxy) is 1. The first-order valence-electron chi connectivity index (χ1n) is 12.4. The van der Waals surface area contributed by atoms with Crippen LogP contribution in [0, 0.1) is 0 Å². The molecule has 2 fully saturated rings. The Morgan fingerprint density at radius 2 is 1.97 bits per heavy atom. The normalized spacial score (nSPS) is 17.9. The van der Waals surface area contributed by atoms with Gasteiger partial charge in [0, 0.05) is 37.9 Å². The number of nitrogen functional groups attached to an aromatic ring is 1. The second-order valence-corrected chi connectivity index (χ2v) is 9.30. The highest BCUT2D eigenvalue weighted by atomic mass is 16.6. The molecule has 2 aromatic rings. The van der Waals surface area contributed by atoms with Crippen molar-refractivity contribution in [2.75, 3.05) is 62.0 Å². The van der Waals surface area contributed by atoms with E-state index in [0.29, 0.717) is 56.7 Å². The van der Waals surface area contributed by atoms with E-state index < -0.39 is 0 Å². The summed E-state index contributed by atoms with van der Waals surface area (Å²) in [6.07, 6.45) is 3.55. The summed E-state index contributed by atoms with van der Waals surface area (Å²) in [6, 6.07) is 7.51. The number of benzene rings is 1. The molecule has 1 aromatic heterocycles. The number of nitrogens with zero attached hydrogens (tertiary/aromatic N) is 5. The van der Waals surface area contributed by atoms with Crippen LogP contribution in [0.2, 0.25) is 0 Å². The molecule has 3 heterocycles. The second kappa shape index (κ2) is 12.3. The van der Waals surface area contributed by atoms with E-state index in [-0.39, 0.29) is 30.4 Å². The predicted molar refractivity (Wildman–Crippen MR) is 141 cm³/mol. The summed E-state index contributed by atoms with van der Waals surface area (Å²) in [5.74, 6) is 1.12. The van der Waals surface area contributed by atoms with Gasteiger partial charge in [0.2, 0.25) is 0 Å². The van der Waals surface area contributed by atoms with Crippen molar-refractivity contribution >= 4 is 35.5 Å². The number of nitrogens with one attached hydrogen (secondary N) is 2. The molecule has 1 unspecified atom stereocenters. The van der Waals surface area contributed by atoms with Gasteiger partial charge in [0.25, 0.3) is 5.91 Å². The van der Waals surface area contributed by atoms with E-state index in [2.05, 4.69) is 39.6 Å². The van der Waals surface area contributed by atoms with Gasteiger partial charge in [-0.25, -0.2) is 14.8 Å². The van der Waals surface area contributed by atoms with Crippen molar-refractivity contribution < 1.29 is 19.2 Å². The monoisotopic (exact) mass is 510 g/mol. The van der Waals surface area contributed by atoms with Crippen LogP contribution in [0.15, 0.2) is 35.7 Å². The molecule has 12 heteroatoms. The summed E-state index contributed by atoms with van der Waals surface area (Å²) in [7, 11) is 0. The Hall–Kier alpha value is -3.93. The highest BCUT2D eigenvalue weighted by Gasteiger charge is 2.27. The third-order valence-corrected chi connectivity index (χ3v) is 6.36. The topological polar surface area (TPSA) is 147 Å². The number of oxime groups is 1. The number of morpholine rings is 1. The number of carbonyl (C=O) groups is 2. The number of aromatic nitrogens is 2. The van der Waals surface area contributed by atoms with Crippen LogP contribution < -0.4 is 21.3 Å². The summed E-state index contributed by atoms with van der Waals surface area (Å²) in [5.41, 5.74) is 8.54. The van der Waals surface area contributed by atoms with Crippen LogP contribution in [0.5, 0.6) is 0 Å². The van der Waals surface area contributed by atoms with Gasteiger partial charge < -0.3 is 35.7 Å². The number of hydrogen-bond donors (Lipinski definition) is 3. The number of urea groups is 1. The highest BCUT2D eigenvalue weighted by Crippen LogP contribution is 2.24. The zero-order valence-corrected chi connectivity index (χ0v) is 21.2. The quantitative estimate of drug-likeness (QED) is 0.360. The Balaban J connectivity index is 1.30. The zero-order valence-electron chi connectivity index (χ0n) is 21.2. The number of anilines is 3. The van der Waals surface area contributed by atoms with Crippen molar-refractivity contribution in [3.63, 3.8) is 0 Å². The zero-order chi connectivity index (χ0) is 26.2. The minimum absolute atomic E-state index is 0.0710. The molecule has 0 aliphatic carbocycles. The molecule has 12 nitrogen and oxygen atoms in total. The first-order valence-corrected chi connectivity index (χ1v) is 12.4. The van der Waals surface area contributed by atoms with Gasteiger partial charge in [-0.3, -0.25) is 4.79 Å². The lowest BCUT2D eigenvalue weighted by molar-refractivity contribution is -0.140. The van der Waals surface area contributed by atoms with E-state index >= 15 is 0 Å². The highest BCUT2D eigenvalue weighted by molar-refractivity contribution is 5.92. The molecule has 1 aromatic carbocycles. The number of amides is 3. The lowest BCUT2D eigenvalue weighted by Gasteiger charge is -2.26. The Morgan fingerprint density at radius 3 is 2.70 bits per heavy atom. The Bertz CT molecular complexity index is 1100. The third kappa shape index (κ3) is 7.06. The van der Waals surface area contributed by atoms with Crippen LogP contribution in [0.25, 0.3) is 0 Å². The molecule has 0 spiro atoms. The van der Waals surface area contributed by atoms with E-state index in [1.165, 1.54) is 18.1 Å². The van der Waals surface area contributed by atoms with Crippen LogP contribution in [0.3, 0.4) is 0 Å². The molecule has 2 aliphatic rings. The summed E-state index contributed by atoms with van der Waals surface area (Å²) < 4.78 is 5.25. The summed E-state index contributed by atoms with van der Waals surface area (Å²) >= 11 is 0. The Morgan fingerprint density at radius 1 is 1.22 bits per heavy atom. The lowest BCUT2D eigenvalue weighted by Crippen LogP contribution is -2.42. The van der Waals surface area contributed by atoms with Gasteiger partial charge in [-0.05, 0) is 30.0 Å². The number of nitrogens with two attached hydrogens (primary N) is 1. The fraction of sp³-hybridized carbons (Fsp3) is 0.480. The van der Waals surface area contributed by atoms with Gasteiger partial charge in [-0.1, -0.05) is 31.1 Å². The number of rotatable bonds is 8. The van der Waals surface area contributed by atoms with Gasteiger partial charge in [0.15, 0.2) is 6.61 Å². The van der Waals surface area contributed by atoms with Crippen molar-refractivity contribution in [2.24, 2.45) is 5.16 Å². The van der Waals surface area contributed by atoms with Gasteiger partial charge >= 0.3 is 6.03 Å². The fourth-order valence-corrected chi connectivity index (χ4v) is 4.24. The van der Waals surface area contributed by atoms with Crippen LogP contribution in [0.4, 0.5) is 22.1 Å². The molecular formula is C25H34N8O4. The van der Waals surface area contributed by atoms with Gasteiger partial charge in [0.05, 0.1) is 25.0 Å². The molecule has 3 amide bonds. The molecule has 0 saturated carbocycles. The number of hydrogen-bond acceptors (Lipinski definition) is 9. The fourth-order valence-electron chi connectivity index (χ4n) is 4.24. The molecule has 1 atom stereocenters. The average molecular weight is 511 g/mol. The molecule has 4 rings (SSSR count). The Kier molecular flexibility index (Phi) is 8.72. The Labute approximate surface area is 216 Å². The van der Waals surface area contributed by atoms with Crippen molar-refractivity contribution in [2.45, 2.75) is 32.2 Å². The SMILES string of the molecule is CC(C)c1ccc(NC(=O)NC2CCN(c3ncnc(N)c3/C=N/OCC(=O)N3CCOCC3)C2)cc1. The average Bonchev–Trinajstić information content (AvgIpc) is 3.36. The number of carbonyl (C=O) groups excluding carboxylic acids is 2. The molecule has 0 radical (unpaired) electrons. The summed E-state index contributed by atoms with van der Waals surface area (Å²) in [6.45, 7) is 7.43. The van der Waals surface area contributed by atoms with E-state index in [1.54, 1.807) is 4.90 Å². The predicted octanol–water partition coefficient (Wildman–Crippen LogP) is 1.79. The van der Waals surface area contributed by atoms with Crippen molar-refractivity contribution in [3.8, 4) is 0 Å². The largest absolute Gasteiger partial charge is 0.386 e. The minimum Gasteiger partial charge on any atom is -0.386 e. The van der Waals surface area contributed by atoms with Crippen molar-refractivity contribution in [3.05, 3.63) is 41.7 Å². The van der Waals surface area contributed by atoms with Gasteiger partial charge in [-0.15, -0.1) is 0 Å². The maximum atomic E-state index is 12.5. The molecule has 37 heavy (non-hydrogen) atoms. The van der Waals surface area contributed by atoms with Crippen molar-refractivity contribution in [1.82, 2.24) is 20.2 Å². The first-order chi connectivity index (χ1) is 17.9. The molecule has 4 N–H and O–H groups in total.